The Kier molecular flexibility index (Phi) is 11.2. The van der Waals surface area contributed by atoms with Gasteiger partial charge < -0.3 is 10.2 Å². The topological polar surface area (TPSA) is 86.8 Å². The molecule has 0 heterocycles. The zero-order valence-electron chi connectivity index (χ0n) is 23.6. The van der Waals surface area contributed by atoms with Gasteiger partial charge >= 0.3 is 0 Å². The van der Waals surface area contributed by atoms with E-state index in [2.05, 4.69) is 5.32 Å². The SMILES string of the molecule is CCCCNC(=O)C(CC)N(Cc1cccc(C)c1)C(=O)CN(c1cccc(Cl)c1C)S(=O)(=O)c1ccccc1. The van der Waals surface area contributed by atoms with Crippen molar-refractivity contribution in [3.05, 3.63) is 94.5 Å². The Morgan fingerprint density at radius 1 is 0.950 bits per heavy atom. The molecule has 0 spiro atoms. The average Bonchev–Trinajstić information content (AvgIpc) is 2.94. The van der Waals surface area contributed by atoms with E-state index in [4.69, 9.17) is 11.6 Å². The quantitative estimate of drug-likeness (QED) is 0.255. The molecule has 1 N–H and O–H groups in total. The predicted octanol–water partition coefficient (Wildman–Crippen LogP) is 5.88. The molecule has 3 aromatic carbocycles. The van der Waals surface area contributed by atoms with Crippen molar-refractivity contribution < 1.29 is 18.0 Å². The molecule has 2 amide bonds. The summed E-state index contributed by atoms with van der Waals surface area (Å²) in [7, 11) is -4.15. The lowest BCUT2D eigenvalue weighted by molar-refractivity contribution is -0.140. The summed E-state index contributed by atoms with van der Waals surface area (Å²) in [6.07, 6.45) is 2.12. The Morgan fingerprint density at radius 2 is 1.65 bits per heavy atom. The fourth-order valence-corrected chi connectivity index (χ4v) is 6.19. The third-order valence-electron chi connectivity index (χ3n) is 6.77. The molecular formula is C31H38ClN3O4S. The second-order valence-electron chi connectivity index (χ2n) is 9.79. The van der Waals surface area contributed by atoms with Crippen molar-refractivity contribution in [2.75, 3.05) is 17.4 Å². The van der Waals surface area contributed by atoms with E-state index in [1.807, 2.05) is 45.0 Å². The van der Waals surface area contributed by atoms with Crippen LogP contribution in [0.15, 0.2) is 77.7 Å². The van der Waals surface area contributed by atoms with Crippen LogP contribution < -0.4 is 9.62 Å². The Morgan fingerprint density at radius 3 is 2.30 bits per heavy atom. The Bertz CT molecular complexity index is 1410. The van der Waals surface area contributed by atoms with Gasteiger partial charge in [-0.15, -0.1) is 0 Å². The van der Waals surface area contributed by atoms with Crippen molar-refractivity contribution in [3.63, 3.8) is 0 Å². The first-order valence-electron chi connectivity index (χ1n) is 13.6. The monoisotopic (exact) mass is 583 g/mol. The number of hydrogen-bond acceptors (Lipinski definition) is 4. The number of rotatable bonds is 13. The zero-order valence-corrected chi connectivity index (χ0v) is 25.1. The molecule has 0 aliphatic carbocycles. The highest BCUT2D eigenvalue weighted by molar-refractivity contribution is 7.92. The number of nitrogens with zero attached hydrogens (tertiary/aromatic N) is 2. The number of carbonyl (C=O) groups is 2. The molecule has 9 heteroatoms. The second-order valence-corrected chi connectivity index (χ2v) is 12.1. The van der Waals surface area contributed by atoms with Crippen LogP contribution >= 0.6 is 11.6 Å². The van der Waals surface area contributed by atoms with Gasteiger partial charge in [-0.2, -0.15) is 0 Å². The maximum absolute atomic E-state index is 14.1. The Hall–Kier alpha value is -3.36. The third kappa shape index (κ3) is 7.64. The number of benzene rings is 3. The van der Waals surface area contributed by atoms with E-state index >= 15 is 0 Å². The molecule has 0 fully saturated rings. The van der Waals surface area contributed by atoms with E-state index in [0.717, 1.165) is 28.3 Å². The largest absolute Gasteiger partial charge is 0.354 e. The number of nitrogens with one attached hydrogen (secondary N) is 1. The van der Waals surface area contributed by atoms with Gasteiger partial charge in [0.2, 0.25) is 11.8 Å². The van der Waals surface area contributed by atoms with Crippen molar-refractivity contribution in [1.82, 2.24) is 10.2 Å². The van der Waals surface area contributed by atoms with E-state index in [1.165, 1.54) is 17.0 Å². The standard InChI is InChI=1S/C31H38ClN3O4S/c1-5-7-19-33-31(37)28(6-2)34(21-25-14-11-13-23(3)20-25)30(36)22-35(29-18-12-17-27(32)24(29)4)40(38,39)26-15-9-8-10-16-26/h8-18,20,28H,5-7,19,21-22H2,1-4H3,(H,33,37). The van der Waals surface area contributed by atoms with Crippen LogP contribution in [0, 0.1) is 13.8 Å². The van der Waals surface area contributed by atoms with Crippen LogP contribution in [0.2, 0.25) is 5.02 Å². The average molecular weight is 584 g/mol. The first kappa shape index (κ1) is 31.2. The van der Waals surface area contributed by atoms with Gasteiger partial charge in [0, 0.05) is 18.1 Å². The lowest BCUT2D eigenvalue weighted by Gasteiger charge is -2.33. The molecule has 1 atom stereocenters. The highest BCUT2D eigenvalue weighted by Crippen LogP contribution is 2.31. The van der Waals surface area contributed by atoms with Gasteiger partial charge in [-0.05, 0) is 62.1 Å². The minimum Gasteiger partial charge on any atom is -0.354 e. The minimum atomic E-state index is -4.15. The molecule has 0 aliphatic heterocycles. The smallest absolute Gasteiger partial charge is 0.264 e. The van der Waals surface area contributed by atoms with Crippen molar-refractivity contribution in [3.8, 4) is 0 Å². The maximum Gasteiger partial charge on any atom is 0.264 e. The molecule has 0 aliphatic rings. The van der Waals surface area contributed by atoms with Crippen LogP contribution in [0.3, 0.4) is 0 Å². The van der Waals surface area contributed by atoms with E-state index < -0.39 is 28.5 Å². The summed E-state index contributed by atoms with van der Waals surface area (Å²) in [5.74, 6) is -0.744. The van der Waals surface area contributed by atoms with Crippen molar-refractivity contribution in [1.29, 1.82) is 0 Å². The summed E-state index contributed by atoms with van der Waals surface area (Å²) in [5, 5.41) is 3.33. The van der Waals surface area contributed by atoms with Crippen molar-refractivity contribution >= 4 is 39.1 Å². The fourth-order valence-electron chi connectivity index (χ4n) is 4.53. The minimum absolute atomic E-state index is 0.0526. The molecule has 7 nitrogen and oxygen atoms in total. The molecule has 0 bridgehead atoms. The van der Waals surface area contributed by atoms with Crippen LogP contribution in [0.5, 0.6) is 0 Å². The number of carbonyl (C=O) groups excluding carboxylic acids is 2. The van der Waals surface area contributed by atoms with Crippen molar-refractivity contribution in [2.24, 2.45) is 0 Å². The predicted molar refractivity (Wildman–Crippen MR) is 161 cm³/mol. The van der Waals surface area contributed by atoms with E-state index in [-0.39, 0.29) is 17.3 Å². The highest BCUT2D eigenvalue weighted by atomic mass is 35.5. The van der Waals surface area contributed by atoms with Gasteiger partial charge in [0.25, 0.3) is 10.0 Å². The van der Waals surface area contributed by atoms with Crippen LogP contribution in [0.1, 0.15) is 49.8 Å². The second kappa shape index (κ2) is 14.3. The third-order valence-corrected chi connectivity index (χ3v) is 8.95. The Labute approximate surface area is 243 Å². The molecular weight excluding hydrogens is 546 g/mol. The summed E-state index contributed by atoms with van der Waals surface area (Å²) in [6, 6.07) is 19.9. The first-order chi connectivity index (χ1) is 19.1. The summed E-state index contributed by atoms with van der Waals surface area (Å²) >= 11 is 6.38. The van der Waals surface area contributed by atoms with Gasteiger partial charge in [-0.3, -0.25) is 13.9 Å². The van der Waals surface area contributed by atoms with Gasteiger partial charge in [-0.1, -0.05) is 86.0 Å². The van der Waals surface area contributed by atoms with Crippen molar-refractivity contribution in [2.45, 2.75) is 64.4 Å². The van der Waals surface area contributed by atoms with Gasteiger partial charge in [0.1, 0.15) is 12.6 Å². The lowest BCUT2D eigenvalue weighted by atomic mass is 10.1. The van der Waals surface area contributed by atoms with Gasteiger partial charge in [-0.25, -0.2) is 8.42 Å². The normalized spacial score (nSPS) is 12.0. The van der Waals surface area contributed by atoms with Crippen LogP contribution in [-0.4, -0.2) is 44.3 Å². The summed E-state index contributed by atoms with van der Waals surface area (Å²) < 4.78 is 29.0. The van der Waals surface area contributed by atoms with Crippen LogP contribution in [0.4, 0.5) is 5.69 Å². The summed E-state index contributed by atoms with van der Waals surface area (Å²) in [4.78, 5) is 28.9. The number of amides is 2. The maximum atomic E-state index is 14.1. The molecule has 1 unspecified atom stereocenters. The van der Waals surface area contributed by atoms with E-state index in [1.54, 1.807) is 43.3 Å². The van der Waals surface area contributed by atoms with E-state index in [0.29, 0.717) is 29.2 Å². The molecule has 40 heavy (non-hydrogen) atoms. The zero-order chi connectivity index (χ0) is 29.3. The summed E-state index contributed by atoms with van der Waals surface area (Å²) in [6.45, 7) is 7.74. The molecule has 3 aromatic rings. The lowest BCUT2D eigenvalue weighted by Crippen LogP contribution is -2.52. The first-order valence-corrected chi connectivity index (χ1v) is 15.4. The molecule has 0 saturated heterocycles. The molecule has 214 valence electrons. The highest BCUT2D eigenvalue weighted by Gasteiger charge is 2.34. The van der Waals surface area contributed by atoms with Crippen LogP contribution in [-0.2, 0) is 26.2 Å². The molecule has 0 saturated carbocycles. The number of hydrogen-bond donors (Lipinski definition) is 1. The van der Waals surface area contributed by atoms with Gasteiger partial charge in [0.15, 0.2) is 0 Å². The molecule has 0 radical (unpaired) electrons. The molecule has 0 aromatic heterocycles. The number of aryl methyl sites for hydroxylation is 1. The van der Waals surface area contributed by atoms with Gasteiger partial charge in [0.05, 0.1) is 10.6 Å². The number of anilines is 1. The number of sulfonamides is 1. The fraction of sp³-hybridized carbons (Fsp3) is 0.355. The number of halogens is 1. The summed E-state index contributed by atoms with van der Waals surface area (Å²) in [5.41, 5.74) is 2.71. The Balaban J connectivity index is 2.07. The van der Waals surface area contributed by atoms with E-state index in [9.17, 15) is 18.0 Å². The van der Waals surface area contributed by atoms with Crippen LogP contribution in [0.25, 0.3) is 0 Å². The molecule has 3 rings (SSSR count). The number of unbranched alkanes of at least 4 members (excludes halogenated alkanes) is 1.